The number of amides is 1. The zero-order valence-electron chi connectivity index (χ0n) is 11.8. The van der Waals surface area contributed by atoms with Crippen molar-refractivity contribution in [2.45, 2.75) is 6.92 Å². The Hall–Kier alpha value is -3.22. The molecule has 1 aromatic carbocycles. The Morgan fingerprint density at radius 3 is 2.73 bits per heavy atom. The molecule has 0 bridgehead atoms. The lowest BCUT2D eigenvalue weighted by molar-refractivity contribution is 0.100. The second-order valence-electron chi connectivity index (χ2n) is 4.82. The third kappa shape index (κ3) is 2.18. The molecule has 7 heteroatoms. The lowest BCUT2D eigenvalue weighted by atomic mass is 10.1. The Bertz CT molecular complexity index is 885. The lowest BCUT2D eigenvalue weighted by Gasteiger charge is -2.13. The van der Waals surface area contributed by atoms with Gasteiger partial charge in [-0.3, -0.25) is 4.79 Å². The van der Waals surface area contributed by atoms with Gasteiger partial charge >= 0.3 is 0 Å². The summed E-state index contributed by atoms with van der Waals surface area (Å²) in [7, 11) is 0. The van der Waals surface area contributed by atoms with Gasteiger partial charge in [-0.25, -0.2) is 4.52 Å². The minimum atomic E-state index is -0.604. The number of nitrogens with two attached hydrogens (primary N) is 1. The van der Waals surface area contributed by atoms with Crippen molar-refractivity contribution in [1.82, 2.24) is 9.61 Å². The van der Waals surface area contributed by atoms with Crippen molar-refractivity contribution in [2.24, 2.45) is 10.9 Å². The van der Waals surface area contributed by atoms with Crippen molar-refractivity contribution >= 4 is 28.6 Å². The van der Waals surface area contributed by atoms with E-state index in [-0.39, 0.29) is 11.4 Å². The van der Waals surface area contributed by atoms with Crippen molar-refractivity contribution in [2.75, 3.05) is 5.32 Å². The van der Waals surface area contributed by atoms with Crippen LogP contribution >= 0.6 is 0 Å². The maximum absolute atomic E-state index is 11.7. The van der Waals surface area contributed by atoms with Gasteiger partial charge in [0.25, 0.3) is 5.91 Å². The largest absolute Gasteiger partial charge is 0.365 e. The molecule has 0 saturated heterocycles. The number of nitroso groups, excluding NO2 is 1. The molecule has 0 radical (unpaired) electrons. The zero-order chi connectivity index (χ0) is 15.7. The van der Waals surface area contributed by atoms with E-state index in [2.05, 4.69) is 15.6 Å². The number of anilines is 2. The standard InChI is InChI=1S/C15H13N5O2/c1-9-4-2-3-5-11(9)18-14-10(15(16)21)8-17-20-12(14)6-7-13(20)19-22/h2-8,18H,1H3,(H2,16,21). The van der Waals surface area contributed by atoms with Gasteiger partial charge in [0.15, 0.2) is 5.82 Å². The first-order chi connectivity index (χ1) is 10.6. The first-order valence-corrected chi connectivity index (χ1v) is 6.58. The van der Waals surface area contributed by atoms with Gasteiger partial charge in [-0.2, -0.15) is 5.10 Å². The van der Waals surface area contributed by atoms with E-state index in [1.54, 1.807) is 6.07 Å². The Kier molecular flexibility index (Phi) is 3.30. The van der Waals surface area contributed by atoms with Crippen LogP contribution in [0.3, 0.4) is 0 Å². The van der Waals surface area contributed by atoms with Crippen LogP contribution in [0.2, 0.25) is 0 Å². The molecular formula is C15H13N5O2. The quantitative estimate of drug-likeness (QED) is 0.722. The third-order valence-corrected chi connectivity index (χ3v) is 3.43. The number of nitrogens with zero attached hydrogens (tertiary/aromatic N) is 3. The van der Waals surface area contributed by atoms with E-state index in [1.807, 2.05) is 31.2 Å². The van der Waals surface area contributed by atoms with E-state index in [0.717, 1.165) is 11.3 Å². The van der Waals surface area contributed by atoms with Crippen LogP contribution < -0.4 is 11.1 Å². The number of hydrogen-bond acceptors (Lipinski definition) is 5. The smallest absolute Gasteiger partial charge is 0.252 e. The molecule has 110 valence electrons. The van der Waals surface area contributed by atoms with Crippen LogP contribution in [-0.4, -0.2) is 15.5 Å². The topological polar surface area (TPSA) is 102 Å². The summed E-state index contributed by atoms with van der Waals surface area (Å²) in [5.74, 6) is -0.452. The third-order valence-electron chi connectivity index (χ3n) is 3.43. The number of para-hydroxylation sites is 1. The molecule has 3 aromatic rings. The van der Waals surface area contributed by atoms with Crippen LogP contribution in [0, 0.1) is 11.8 Å². The molecule has 3 rings (SSSR count). The van der Waals surface area contributed by atoms with Crippen LogP contribution in [0.1, 0.15) is 15.9 Å². The minimum absolute atomic E-state index is 0.152. The second kappa shape index (κ2) is 5.28. The van der Waals surface area contributed by atoms with E-state index >= 15 is 0 Å². The molecule has 0 aliphatic rings. The summed E-state index contributed by atoms with van der Waals surface area (Å²) in [6, 6.07) is 10.8. The molecule has 0 unspecified atom stereocenters. The summed E-state index contributed by atoms with van der Waals surface area (Å²) < 4.78 is 1.36. The number of carbonyl (C=O) groups is 1. The second-order valence-corrected chi connectivity index (χ2v) is 4.82. The van der Waals surface area contributed by atoms with Gasteiger partial charge in [-0.15, -0.1) is 4.91 Å². The first kappa shape index (κ1) is 13.7. The predicted molar refractivity (Wildman–Crippen MR) is 83.6 cm³/mol. The molecule has 7 nitrogen and oxygen atoms in total. The number of rotatable bonds is 4. The number of benzene rings is 1. The van der Waals surface area contributed by atoms with Crippen LogP contribution in [0.5, 0.6) is 0 Å². The molecule has 0 aliphatic carbocycles. The molecule has 3 N–H and O–H groups in total. The average molecular weight is 295 g/mol. The average Bonchev–Trinajstić information content (AvgIpc) is 2.93. The summed E-state index contributed by atoms with van der Waals surface area (Å²) in [6.07, 6.45) is 1.32. The van der Waals surface area contributed by atoms with Crippen molar-refractivity contribution < 1.29 is 4.79 Å². The van der Waals surface area contributed by atoms with Crippen molar-refractivity contribution in [3.05, 3.63) is 58.6 Å². The van der Waals surface area contributed by atoms with E-state index in [1.165, 1.54) is 16.8 Å². The van der Waals surface area contributed by atoms with Crippen molar-refractivity contribution in [1.29, 1.82) is 0 Å². The highest BCUT2D eigenvalue weighted by Crippen LogP contribution is 2.30. The highest BCUT2D eigenvalue weighted by atomic mass is 16.3. The maximum atomic E-state index is 11.7. The fourth-order valence-corrected chi connectivity index (χ4v) is 2.28. The Morgan fingerprint density at radius 2 is 2.05 bits per heavy atom. The number of hydrogen-bond donors (Lipinski definition) is 2. The number of carbonyl (C=O) groups excluding carboxylic acids is 1. The molecular weight excluding hydrogens is 282 g/mol. The molecule has 2 aromatic heterocycles. The molecule has 0 fully saturated rings. The predicted octanol–water partition coefficient (Wildman–Crippen LogP) is 2.88. The van der Waals surface area contributed by atoms with Crippen LogP contribution in [0.15, 0.2) is 47.8 Å². The van der Waals surface area contributed by atoms with Crippen LogP contribution in [-0.2, 0) is 0 Å². The normalized spacial score (nSPS) is 10.6. The van der Waals surface area contributed by atoms with Crippen molar-refractivity contribution in [3.63, 3.8) is 0 Å². The van der Waals surface area contributed by atoms with Gasteiger partial charge in [-0.05, 0) is 35.9 Å². The zero-order valence-corrected chi connectivity index (χ0v) is 11.8. The Balaban J connectivity index is 2.23. The molecule has 0 spiro atoms. The summed E-state index contributed by atoms with van der Waals surface area (Å²) in [5, 5.41) is 10.1. The number of fused-ring (bicyclic) bond motifs is 1. The van der Waals surface area contributed by atoms with Gasteiger partial charge in [0, 0.05) is 5.69 Å². The Morgan fingerprint density at radius 1 is 1.27 bits per heavy atom. The fraction of sp³-hybridized carbons (Fsp3) is 0.0667. The molecule has 22 heavy (non-hydrogen) atoms. The van der Waals surface area contributed by atoms with Gasteiger partial charge in [0.2, 0.25) is 0 Å². The van der Waals surface area contributed by atoms with Crippen LogP contribution in [0.4, 0.5) is 17.2 Å². The summed E-state index contributed by atoms with van der Waals surface area (Å²) in [6.45, 7) is 1.95. The van der Waals surface area contributed by atoms with Gasteiger partial charge < -0.3 is 11.1 Å². The number of nitrogens with one attached hydrogen (secondary N) is 1. The van der Waals surface area contributed by atoms with E-state index in [0.29, 0.717) is 11.2 Å². The van der Waals surface area contributed by atoms with E-state index in [4.69, 9.17) is 5.73 Å². The maximum Gasteiger partial charge on any atom is 0.252 e. The Labute approximate surface area is 125 Å². The number of aryl methyl sites for hydroxylation is 1. The first-order valence-electron chi connectivity index (χ1n) is 6.58. The molecule has 0 saturated carbocycles. The van der Waals surface area contributed by atoms with E-state index < -0.39 is 5.91 Å². The molecule has 0 atom stereocenters. The highest BCUT2D eigenvalue weighted by Gasteiger charge is 2.16. The molecule has 1 amide bonds. The lowest BCUT2D eigenvalue weighted by Crippen LogP contribution is -2.15. The van der Waals surface area contributed by atoms with Crippen LogP contribution in [0.25, 0.3) is 5.52 Å². The molecule has 0 aliphatic heterocycles. The van der Waals surface area contributed by atoms with Gasteiger partial charge in [0.1, 0.15) is 0 Å². The highest BCUT2D eigenvalue weighted by molar-refractivity contribution is 6.03. The van der Waals surface area contributed by atoms with Gasteiger partial charge in [0.05, 0.1) is 23.0 Å². The molecule has 2 heterocycles. The summed E-state index contributed by atoms with van der Waals surface area (Å²) in [4.78, 5) is 22.5. The fourth-order valence-electron chi connectivity index (χ4n) is 2.28. The monoisotopic (exact) mass is 295 g/mol. The van der Waals surface area contributed by atoms with Gasteiger partial charge in [-0.1, -0.05) is 18.2 Å². The number of primary amides is 1. The van der Waals surface area contributed by atoms with Crippen molar-refractivity contribution in [3.8, 4) is 0 Å². The SMILES string of the molecule is Cc1ccccc1Nc1c(C(N)=O)cnn2c(N=O)ccc12. The minimum Gasteiger partial charge on any atom is -0.365 e. The van der Waals surface area contributed by atoms with E-state index in [9.17, 15) is 9.70 Å². The summed E-state index contributed by atoms with van der Waals surface area (Å²) in [5.41, 5.74) is 8.55. The number of aromatic nitrogens is 2. The summed E-state index contributed by atoms with van der Waals surface area (Å²) >= 11 is 0.